The average molecular weight is 377 g/mol. The molecule has 0 radical (unpaired) electrons. The Morgan fingerprint density at radius 3 is 2.04 bits per heavy atom. The van der Waals surface area contributed by atoms with Gasteiger partial charge in [-0.15, -0.1) is 0 Å². The smallest absolute Gasteiger partial charge is 0.307 e. The van der Waals surface area contributed by atoms with Crippen LogP contribution in [0.15, 0.2) is 83.5 Å². The third kappa shape index (κ3) is 4.88. The van der Waals surface area contributed by atoms with E-state index in [-0.39, 0.29) is 24.8 Å². The molecule has 3 rings (SSSR count). The molecule has 0 bridgehead atoms. The fraction of sp³-hybridized carbons (Fsp3) is 0.217. The van der Waals surface area contributed by atoms with Gasteiger partial charge in [-0.05, 0) is 23.3 Å². The molecular weight excluding hydrogens is 354 g/mol. The lowest BCUT2D eigenvalue weighted by molar-refractivity contribution is -0.142. The number of esters is 1. The van der Waals surface area contributed by atoms with Crippen molar-refractivity contribution in [1.82, 2.24) is 4.90 Å². The van der Waals surface area contributed by atoms with Crippen LogP contribution in [0.3, 0.4) is 0 Å². The maximum absolute atomic E-state index is 13.6. The second-order valence-electron chi connectivity index (χ2n) is 6.42. The van der Waals surface area contributed by atoms with Crippen molar-refractivity contribution >= 4 is 11.9 Å². The van der Waals surface area contributed by atoms with Crippen LogP contribution in [0.5, 0.6) is 0 Å². The minimum absolute atomic E-state index is 0.0855. The Hall–Kier alpha value is -3.34. The summed E-state index contributed by atoms with van der Waals surface area (Å²) in [5.74, 6) is -0.237. The predicted molar refractivity (Wildman–Crippen MR) is 105 cm³/mol. The van der Waals surface area contributed by atoms with Crippen LogP contribution in [0, 0.1) is 0 Å². The van der Waals surface area contributed by atoms with Crippen molar-refractivity contribution in [3.63, 3.8) is 0 Å². The Labute approximate surface area is 164 Å². The number of rotatable bonds is 8. The highest BCUT2D eigenvalue weighted by Crippen LogP contribution is 2.27. The molecule has 0 aliphatic heterocycles. The molecule has 1 aromatic heterocycles. The first kappa shape index (κ1) is 19.4. The van der Waals surface area contributed by atoms with Gasteiger partial charge < -0.3 is 14.1 Å². The molecule has 0 spiro atoms. The van der Waals surface area contributed by atoms with Crippen LogP contribution in [0.25, 0.3) is 0 Å². The molecule has 0 atom stereocenters. The van der Waals surface area contributed by atoms with Crippen LogP contribution in [0.2, 0.25) is 0 Å². The minimum Gasteiger partial charge on any atom is -0.469 e. The zero-order valence-electron chi connectivity index (χ0n) is 15.8. The molecule has 2 aromatic carbocycles. The predicted octanol–water partition coefficient (Wildman–Crippen LogP) is 4.00. The van der Waals surface area contributed by atoms with E-state index in [1.807, 2.05) is 66.7 Å². The van der Waals surface area contributed by atoms with Crippen molar-refractivity contribution in [2.45, 2.75) is 18.9 Å². The number of benzene rings is 2. The molecule has 0 aliphatic carbocycles. The Kier molecular flexibility index (Phi) is 6.63. The molecule has 1 amide bonds. The standard InChI is InChI=1S/C23H23NO4/c1-27-21(25)14-15-24(17-20-13-8-16-28-20)23(26)22(18-9-4-2-5-10-18)19-11-6-3-7-12-19/h2-13,16,22H,14-15,17H2,1H3. The maximum Gasteiger partial charge on any atom is 0.307 e. The first-order valence-corrected chi connectivity index (χ1v) is 9.17. The van der Waals surface area contributed by atoms with E-state index in [1.165, 1.54) is 7.11 Å². The zero-order valence-corrected chi connectivity index (χ0v) is 15.8. The van der Waals surface area contributed by atoms with Crippen LogP contribution in [-0.2, 0) is 20.9 Å². The second kappa shape index (κ2) is 9.55. The third-order valence-electron chi connectivity index (χ3n) is 4.56. The number of carbonyl (C=O) groups is 2. The molecule has 5 nitrogen and oxygen atoms in total. The Bertz CT molecular complexity index is 836. The summed E-state index contributed by atoms with van der Waals surface area (Å²) in [5.41, 5.74) is 1.81. The molecule has 1 heterocycles. The van der Waals surface area contributed by atoms with Crippen LogP contribution in [-0.4, -0.2) is 30.4 Å². The Morgan fingerprint density at radius 2 is 1.54 bits per heavy atom. The average Bonchev–Trinajstić information content (AvgIpc) is 3.25. The number of hydrogen-bond donors (Lipinski definition) is 0. The normalized spacial score (nSPS) is 10.6. The van der Waals surface area contributed by atoms with Gasteiger partial charge in [0.05, 0.1) is 32.3 Å². The molecule has 5 heteroatoms. The molecule has 0 N–H and O–H groups in total. The molecule has 0 aliphatic rings. The molecule has 0 unspecified atom stereocenters. The summed E-state index contributed by atoms with van der Waals surface area (Å²) in [7, 11) is 1.35. The van der Waals surface area contributed by atoms with E-state index in [4.69, 9.17) is 9.15 Å². The van der Waals surface area contributed by atoms with Gasteiger partial charge in [0.1, 0.15) is 5.76 Å². The van der Waals surface area contributed by atoms with Crippen molar-refractivity contribution in [2.24, 2.45) is 0 Å². The molecule has 144 valence electrons. The quantitative estimate of drug-likeness (QED) is 0.557. The van der Waals surface area contributed by atoms with Crippen molar-refractivity contribution in [3.8, 4) is 0 Å². The Balaban J connectivity index is 1.92. The highest BCUT2D eigenvalue weighted by atomic mass is 16.5. The number of ether oxygens (including phenoxy) is 1. The Morgan fingerprint density at radius 1 is 0.929 bits per heavy atom. The first-order chi connectivity index (χ1) is 13.7. The van der Waals surface area contributed by atoms with Crippen molar-refractivity contribution in [2.75, 3.05) is 13.7 Å². The molecular formula is C23H23NO4. The summed E-state index contributed by atoms with van der Waals surface area (Å²) in [6.45, 7) is 0.543. The van der Waals surface area contributed by atoms with Crippen LogP contribution >= 0.6 is 0 Å². The van der Waals surface area contributed by atoms with Crippen molar-refractivity contribution in [1.29, 1.82) is 0 Å². The molecule has 0 saturated heterocycles. The summed E-state index contributed by atoms with van der Waals surface area (Å²) >= 11 is 0. The summed E-state index contributed by atoms with van der Waals surface area (Å²) in [4.78, 5) is 26.9. The van der Waals surface area contributed by atoms with E-state index in [1.54, 1.807) is 17.2 Å². The lowest BCUT2D eigenvalue weighted by Gasteiger charge is -2.27. The van der Waals surface area contributed by atoms with E-state index in [2.05, 4.69) is 0 Å². The maximum atomic E-state index is 13.6. The van der Waals surface area contributed by atoms with Gasteiger partial charge >= 0.3 is 5.97 Å². The monoisotopic (exact) mass is 377 g/mol. The van der Waals surface area contributed by atoms with Crippen molar-refractivity contribution < 1.29 is 18.7 Å². The zero-order chi connectivity index (χ0) is 19.8. The number of hydrogen-bond acceptors (Lipinski definition) is 4. The molecule has 28 heavy (non-hydrogen) atoms. The van der Waals surface area contributed by atoms with E-state index in [0.717, 1.165) is 11.1 Å². The number of furan rings is 1. The van der Waals surface area contributed by atoms with Gasteiger partial charge in [-0.2, -0.15) is 0 Å². The largest absolute Gasteiger partial charge is 0.469 e. The fourth-order valence-corrected chi connectivity index (χ4v) is 3.14. The first-order valence-electron chi connectivity index (χ1n) is 9.17. The van der Waals surface area contributed by atoms with E-state index >= 15 is 0 Å². The fourth-order valence-electron chi connectivity index (χ4n) is 3.14. The van der Waals surface area contributed by atoms with Gasteiger partial charge in [0.15, 0.2) is 0 Å². The lowest BCUT2D eigenvalue weighted by atomic mass is 9.90. The second-order valence-corrected chi connectivity index (χ2v) is 6.42. The summed E-state index contributed by atoms with van der Waals surface area (Å²) in [6, 6.07) is 22.9. The number of methoxy groups -OCH3 is 1. The lowest BCUT2D eigenvalue weighted by Crippen LogP contribution is -2.36. The van der Waals surface area contributed by atoms with Gasteiger partial charge in [-0.3, -0.25) is 9.59 Å². The van der Waals surface area contributed by atoms with Gasteiger partial charge in [-0.1, -0.05) is 60.7 Å². The number of amides is 1. The van der Waals surface area contributed by atoms with Crippen LogP contribution < -0.4 is 0 Å². The summed E-state index contributed by atoms with van der Waals surface area (Å²) in [6.07, 6.45) is 1.70. The third-order valence-corrected chi connectivity index (χ3v) is 4.56. The minimum atomic E-state index is -0.463. The van der Waals surface area contributed by atoms with Crippen molar-refractivity contribution in [3.05, 3.63) is 95.9 Å². The van der Waals surface area contributed by atoms with Crippen LogP contribution in [0.1, 0.15) is 29.2 Å². The molecule has 3 aromatic rings. The number of carbonyl (C=O) groups excluding carboxylic acids is 2. The van der Waals surface area contributed by atoms with Gasteiger partial charge in [0.2, 0.25) is 5.91 Å². The van der Waals surface area contributed by atoms with E-state index in [0.29, 0.717) is 12.3 Å². The molecule has 0 saturated carbocycles. The highest BCUT2D eigenvalue weighted by molar-refractivity contribution is 5.87. The van der Waals surface area contributed by atoms with Gasteiger partial charge in [0, 0.05) is 6.54 Å². The van der Waals surface area contributed by atoms with E-state index in [9.17, 15) is 9.59 Å². The van der Waals surface area contributed by atoms with Crippen LogP contribution in [0.4, 0.5) is 0 Å². The summed E-state index contributed by atoms with van der Waals surface area (Å²) in [5, 5.41) is 0. The SMILES string of the molecule is COC(=O)CCN(Cc1ccco1)C(=O)C(c1ccccc1)c1ccccc1. The van der Waals surface area contributed by atoms with Gasteiger partial charge in [0.25, 0.3) is 0 Å². The van der Waals surface area contributed by atoms with E-state index < -0.39 is 5.92 Å². The number of nitrogens with zero attached hydrogens (tertiary/aromatic N) is 1. The molecule has 0 fully saturated rings. The topological polar surface area (TPSA) is 59.8 Å². The highest BCUT2D eigenvalue weighted by Gasteiger charge is 2.28. The van der Waals surface area contributed by atoms with Gasteiger partial charge in [-0.25, -0.2) is 0 Å². The summed E-state index contributed by atoms with van der Waals surface area (Å²) < 4.78 is 10.2.